The van der Waals surface area contributed by atoms with Crippen molar-refractivity contribution in [3.63, 3.8) is 0 Å². The van der Waals surface area contributed by atoms with E-state index >= 15 is 0 Å². The van der Waals surface area contributed by atoms with Gasteiger partial charge in [0.2, 0.25) is 5.13 Å². The van der Waals surface area contributed by atoms with E-state index in [9.17, 15) is 17.6 Å². The van der Waals surface area contributed by atoms with E-state index in [0.717, 1.165) is 23.7 Å². The first-order valence-corrected chi connectivity index (χ1v) is 8.63. The predicted octanol–water partition coefficient (Wildman–Crippen LogP) is 1.42. The predicted molar refractivity (Wildman–Crippen MR) is 81.6 cm³/mol. The molecule has 0 spiro atoms. The minimum absolute atomic E-state index is 0.160. The van der Waals surface area contributed by atoms with Crippen molar-refractivity contribution in [2.75, 3.05) is 11.3 Å². The van der Waals surface area contributed by atoms with Gasteiger partial charge in [-0.2, -0.15) is 0 Å². The molecule has 0 fully saturated rings. The first kappa shape index (κ1) is 16.3. The fourth-order valence-corrected chi connectivity index (χ4v) is 3.51. The smallest absolute Gasteiger partial charge is 0.335 e. The number of urea groups is 1. The van der Waals surface area contributed by atoms with E-state index in [0.29, 0.717) is 21.1 Å². The van der Waals surface area contributed by atoms with Gasteiger partial charge in [0.1, 0.15) is 10.7 Å². The van der Waals surface area contributed by atoms with Gasteiger partial charge in [-0.3, -0.25) is 0 Å². The van der Waals surface area contributed by atoms with Crippen LogP contribution in [0.4, 0.5) is 14.3 Å². The number of halogens is 1. The van der Waals surface area contributed by atoms with Gasteiger partial charge in [-0.05, 0) is 24.6 Å². The molecule has 0 aliphatic rings. The van der Waals surface area contributed by atoms with Crippen molar-refractivity contribution >= 4 is 32.3 Å². The Morgan fingerprint density at radius 1 is 1.41 bits per heavy atom. The standard InChI is InChI=1S/C12H13FN4O3S2/c1-6-10(21-12(16-6)17(15)11(14)18)7-3-4-9(8(13)5-7)22(2,19)20/h3-5H,15H2,1-2H3,(H2,14,18). The number of aromatic nitrogens is 1. The van der Waals surface area contributed by atoms with Crippen LogP contribution in [0.25, 0.3) is 10.4 Å². The quantitative estimate of drug-likeness (QED) is 0.496. The summed E-state index contributed by atoms with van der Waals surface area (Å²) in [6, 6.07) is 2.88. The molecule has 0 aliphatic carbocycles. The van der Waals surface area contributed by atoms with Gasteiger partial charge in [0.15, 0.2) is 9.84 Å². The lowest BCUT2D eigenvalue weighted by Crippen LogP contribution is -2.41. The van der Waals surface area contributed by atoms with Crippen LogP contribution in [0.3, 0.4) is 0 Å². The SMILES string of the molecule is Cc1nc(N(N)C(N)=O)sc1-c1ccc(S(C)(=O)=O)c(F)c1. The normalized spacial score (nSPS) is 11.5. The van der Waals surface area contributed by atoms with Crippen molar-refractivity contribution < 1.29 is 17.6 Å². The van der Waals surface area contributed by atoms with Crippen LogP contribution in [-0.4, -0.2) is 25.7 Å². The Morgan fingerprint density at radius 3 is 2.55 bits per heavy atom. The van der Waals surface area contributed by atoms with Crippen molar-refractivity contribution in [1.29, 1.82) is 0 Å². The second kappa shape index (κ2) is 5.63. The van der Waals surface area contributed by atoms with Gasteiger partial charge in [-0.25, -0.2) is 33.4 Å². The van der Waals surface area contributed by atoms with Gasteiger partial charge in [0.25, 0.3) is 0 Å². The Morgan fingerprint density at radius 2 is 2.05 bits per heavy atom. The summed E-state index contributed by atoms with van der Waals surface area (Å²) in [4.78, 5) is 15.3. The zero-order valence-electron chi connectivity index (χ0n) is 11.7. The van der Waals surface area contributed by atoms with Gasteiger partial charge < -0.3 is 5.73 Å². The summed E-state index contributed by atoms with van der Waals surface area (Å²) in [5.74, 6) is 4.61. The van der Waals surface area contributed by atoms with Crippen LogP contribution in [0.5, 0.6) is 0 Å². The number of nitrogens with zero attached hydrogens (tertiary/aromatic N) is 2. The average molecular weight is 344 g/mol. The molecule has 2 aromatic rings. The molecule has 0 radical (unpaired) electrons. The van der Waals surface area contributed by atoms with Crippen molar-refractivity contribution in [3.05, 3.63) is 29.7 Å². The molecular formula is C12H13FN4O3S2. The number of hydrazine groups is 1. The Balaban J connectivity index is 2.50. The number of rotatable bonds is 3. The highest BCUT2D eigenvalue weighted by Gasteiger charge is 2.19. The number of sulfone groups is 1. The molecule has 2 amide bonds. The number of carbonyl (C=O) groups excluding carboxylic acids is 1. The first-order chi connectivity index (χ1) is 10.1. The van der Waals surface area contributed by atoms with Crippen LogP contribution >= 0.6 is 11.3 Å². The molecule has 0 unspecified atom stereocenters. The summed E-state index contributed by atoms with van der Waals surface area (Å²) in [6.07, 6.45) is 0.931. The number of thiazole rings is 1. The number of amides is 2. The molecule has 118 valence electrons. The molecule has 4 N–H and O–H groups in total. The molecule has 0 bridgehead atoms. The number of hydrogen-bond acceptors (Lipinski definition) is 6. The third-order valence-corrected chi connectivity index (χ3v) is 5.16. The summed E-state index contributed by atoms with van der Waals surface area (Å²) in [5, 5.41) is 0.843. The summed E-state index contributed by atoms with van der Waals surface area (Å²) < 4.78 is 36.8. The summed E-state index contributed by atoms with van der Waals surface area (Å²) in [5.41, 5.74) is 6.01. The van der Waals surface area contributed by atoms with Gasteiger partial charge in [0.05, 0.1) is 10.6 Å². The van der Waals surface area contributed by atoms with E-state index in [1.807, 2.05) is 0 Å². The molecule has 2 rings (SSSR count). The monoisotopic (exact) mass is 344 g/mol. The van der Waals surface area contributed by atoms with E-state index in [-0.39, 0.29) is 10.0 Å². The molecule has 1 heterocycles. The molecule has 1 aromatic carbocycles. The van der Waals surface area contributed by atoms with E-state index in [1.54, 1.807) is 6.92 Å². The minimum atomic E-state index is -3.64. The van der Waals surface area contributed by atoms with Crippen LogP contribution in [-0.2, 0) is 9.84 Å². The first-order valence-electron chi connectivity index (χ1n) is 5.93. The van der Waals surface area contributed by atoms with Gasteiger partial charge in [-0.15, -0.1) is 0 Å². The summed E-state index contributed by atoms with van der Waals surface area (Å²) in [7, 11) is -3.64. The van der Waals surface area contributed by atoms with Crippen molar-refractivity contribution in [2.45, 2.75) is 11.8 Å². The maximum atomic E-state index is 14.0. The zero-order valence-corrected chi connectivity index (χ0v) is 13.3. The Bertz CT molecular complexity index is 848. The van der Waals surface area contributed by atoms with E-state index < -0.39 is 21.7 Å². The van der Waals surface area contributed by atoms with E-state index in [1.165, 1.54) is 12.1 Å². The molecule has 0 saturated heterocycles. The topological polar surface area (TPSA) is 119 Å². The van der Waals surface area contributed by atoms with Crippen LogP contribution in [0.2, 0.25) is 0 Å². The highest BCUT2D eigenvalue weighted by atomic mass is 32.2. The van der Waals surface area contributed by atoms with Crippen LogP contribution in [0.1, 0.15) is 5.69 Å². The summed E-state index contributed by atoms with van der Waals surface area (Å²) in [6.45, 7) is 1.66. The number of carbonyl (C=O) groups is 1. The molecule has 0 aliphatic heterocycles. The molecule has 0 atom stereocenters. The lowest BCUT2D eigenvalue weighted by Gasteiger charge is -2.08. The minimum Gasteiger partial charge on any atom is -0.350 e. The molecule has 1 aromatic heterocycles. The molecule has 7 nitrogen and oxygen atoms in total. The van der Waals surface area contributed by atoms with Crippen LogP contribution < -0.4 is 16.6 Å². The second-order valence-corrected chi connectivity index (χ2v) is 7.50. The third-order valence-electron chi connectivity index (χ3n) is 2.82. The number of hydrogen-bond donors (Lipinski definition) is 2. The lowest BCUT2D eigenvalue weighted by atomic mass is 10.1. The number of aryl methyl sites for hydroxylation is 1. The number of nitrogens with two attached hydrogens (primary N) is 2. The highest BCUT2D eigenvalue weighted by Crippen LogP contribution is 2.34. The highest BCUT2D eigenvalue weighted by molar-refractivity contribution is 7.90. The maximum Gasteiger partial charge on any atom is 0.335 e. The fraction of sp³-hybridized carbons (Fsp3) is 0.167. The van der Waals surface area contributed by atoms with E-state index in [4.69, 9.17) is 11.6 Å². The number of anilines is 1. The largest absolute Gasteiger partial charge is 0.350 e. The van der Waals surface area contributed by atoms with Gasteiger partial charge in [-0.1, -0.05) is 17.4 Å². The Hall–Kier alpha value is -2.04. The summed E-state index contributed by atoms with van der Waals surface area (Å²) >= 11 is 1.04. The van der Waals surface area contributed by atoms with Crippen molar-refractivity contribution in [3.8, 4) is 10.4 Å². The van der Waals surface area contributed by atoms with Crippen molar-refractivity contribution in [1.82, 2.24) is 4.98 Å². The number of primary amides is 1. The van der Waals surface area contributed by atoms with E-state index in [2.05, 4.69) is 4.98 Å². The third kappa shape index (κ3) is 3.08. The maximum absolute atomic E-state index is 14.0. The second-order valence-electron chi connectivity index (χ2n) is 4.54. The number of benzene rings is 1. The van der Waals surface area contributed by atoms with Crippen molar-refractivity contribution in [2.24, 2.45) is 11.6 Å². The van der Waals surface area contributed by atoms with Gasteiger partial charge in [0, 0.05) is 6.26 Å². The molecular weight excluding hydrogens is 331 g/mol. The average Bonchev–Trinajstić information content (AvgIpc) is 2.78. The lowest BCUT2D eigenvalue weighted by molar-refractivity contribution is 0.254. The Kier molecular flexibility index (Phi) is 4.18. The fourth-order valence-electron chi connectivity index (χ4n) is 1.79. The molecule has 10 heteroatoms. The van der Waals surface area contributed by atoms with Gasteiger partial charge >= 0.3 is 6.03 Å². The Labute approximate surface area is 130 Å². The molecule has 22 heavy (non-hydrogen) atoms. The molecule has 0 saturated carbocycles. The van der Waals surface area contributed by atoms with Crippen LogP contribution in [0, 0.1) is 12.7 Å². The van der Waals surface area contributed by atoms with Crippen LogP contribution in [0.15, 0.2) is 23.1 Å². The zero-order chi connectivity index (χ0) is 16.7.